The SMILES string of the molecule is CCCCc1nc(-c2ccccccccc2)ccc1CCC. The van der Waals surface area contributed by atoms with E-state index >= 15 is 0 Å². The van der Waals surface area contributed by atoms with Crippen LogP contribution in [-0.4, -0.2) is 4.98 Å². The lowest BCUT2D eigenvalue weighted by atomic mass is 10.0. The molecule has 0 atom stereocenters. The Kier molecular flexibility index (Phi) is 7.32. The molecule has 120 valence electrons. The predicted molar refractivity (Wildman–Crippen MR) is 99.9 cm³/mol. The van der Waals surface area contributed by atoms with Crippen molar-refractivity contribution in [2.45, 2.75) is 46.0 Å². The van der Waals surface area contributed by atoms with Crippen LogP contribution in [0.4, 0.5) is 0 Å². The summed E-state index contributed by atoms with van der Waals surface area (Å²) >= 11 is 0. The van der Waals surface area contributed by atoms with Crippen LogP contribution < -0.4 is 0 Å². The number of aromatic nitrogens is 1. The van der Waals surface area contributed by atoms with Gasteiger partial charge >= 0.3 is 0 Å². The molecule has 1 aromatic carbocycles. The molecule has 0 radical (unpaired) electrons. The van der Waals surface area contributed by atoms with E-state index in [0.29, 0.717) is 0 Å². The van der Waals surface area contributed by atoms with Gasteiger partial charge in [-0.05, 0) is 30.9 Å². The third-order valence-electron chi connectivity index (χ3n) is 3.87. The molecule has 0 aliphatic rings. The molecule has 2 aromatic rings. The van der Waals surface area contributed by atoms with Gasteiger partial charge in [-0.3, -0.25) is 4.98 Å². The second-order valence-electron chi connectivity index (χ2n) is 5.79. The van der Waals surface area contributed by atoms with Gasteiger partial charge in [0.15, 0.2) is 0 Å². The number of rotatable bonds is 6. The van der Waals surface area contributed by atoms with Gasteiger partial charge in [-0.25, -0.2) is 0 Å². The maximum Gasteiger partial charge on any atom is 0.0705 e. The van der Waals surface area contributed by atoms with Gasteiger partial charge in [-0.2, -0.15) is 0 Å². The maximum atomic E-state index is 4.98. The van der Waals surface area contributed by atoms with Crippen LogP contribution in [0.5, 0.6) is 0 Å². The number of aryl methyl sites for hydroxylation is 2. The Morgan fingerprint density at radius 1 is 0.696 bits per heavy atom. The van der Waals surface area contributed by atoms with Crippen molar-refractivity contribution in [1.29, 1.82) is 0 Å². The number of pyridine rings is 1. The molecule has 1 heterocycles. The first kappa shape index (κ1) is 17.2. The Morgan fingerprint density at radius 3 is 1.96 bits per heavy atom. The van der Waals surface area contributed by atoms with E-state index in [-0.39, 0.29) is 0 Å². The van der Waals surface area contributed by atoms with E-state index in [9.17, 15) is 0 Å². The van der Waals surface area contributed by atoms with Crippen molar-refractivity contribution in [2.75, 3.05) is 0 Å². The molecular formula is C22H27N. The first-order valence-corrected chi connectivity index (χ1v) is 8.72. The van der Waals surface area contributed by atoms with Crippen LogP contribution in [0, 0.1) is 0 Å². The molecule has 0 saturated heterocycles. The minimum Gasteiger partial charge on any atom is -0.253 e. The monoisotopic (exact) mass is 305 g/mol. The summed E-state index contributed by atoms with van der Waals surface area (Å²) in [6.07, 6.45) is 5.78. The summed E-state index contributed by atoms with van der Waals surface area (Å²) in [7, 11) is 0. The van der Waals surface area contributed by atoms with Crippen LogP contribution in [0.1, 0.15) is 44.4 Å². The molecule has 0 aliphatic carbocycles. The zero-order valence-corrected chi connectivity index (χ0v) is 14.3. The van der Waals surface area contributed by atoms with Gasteiger partial charge in [0.05, 0.1) is 5.69 Å². The second kappa shape index (κ2) is 9.78. The fourth-order valence-corrected chi connectivity index (χ4v) is 2.61. The van der Waals surface area contributed by atoms with Crippen LogP contribution in [0.2, 0.25) is 0 Å². The molecule has 0 spiro atoms. The summed E-state index contributed by atoms with van der Waals surface area (Å²) in [6, 6.07) is 23.0. The highest BCUT2D eigenvalue weighted by atomic mass is 14.7. The first-order valence-electron chi connectivity index (χ1n) is 8.72. The molecule has 23 heavy (non-hydrogen) atoms. The molecule has 0 fully saturated rings. The largest absolute Gasteiger partial charge is 0.253 e. The van der Waals surface area contributed by atoms with Crippen LogP contribution in [-0.2, 0) is 12.8 Å². The topological polar surface area (TPSA) is 12.9 Å². The van der Waals surface area contributed by atoms with E-state index in [0.717, 1.165) is 24.1 Å². The molecule has 1 nitrogen and oxygen atoms in total. The van der Waals surface area contributed by atoms with Crippen molar-refractivity contribution in [3.8, 4) is 11.3 Å². The highest BCUT2D eigenvalue weighted by molar-refractivity contribution is 5.58. The average Bonchev–Trinajstić information content (AvgIpc) is 2.59. The van der Waals surface area contributed by atoms with Gasteiger partial charge in [0.25, 0.3) is 0 Å². The third kappa shape index (κ3) is 5.52. The number of hydrogen-bond acceptors (Lipinski definition) is 1. The molecule has 0 saturated carbocycles. The van der Waals surface area contributed by atoms with E-state index in [1.54, 1.807) is 0 Å². The van der Waals surface area contributed by atoms with E-state index in [1.165, 1.54) is 30.5 Å². The zero-order chi connectivity index (χ0) is 16.3. The molecule has 0 aliphatic heterocycles. The van der Waals surface area contributed by atoms with Crippen LogP contribution in [0.3, 0.4) is 0 Å². The lowest BCUT2D eigenvalue weighted by Crippen LogP contribution is -1.99. The van der Waals surface area contributed by atoms with Crippen molar-refractivity contribution in [2.24, 2.45) is 0 Å². The Bertz CT molecular complexity index is 635. The summed E-state index contributed by atoms with van der Waals surface area (Å²) in [4.78, 5) is 4.98. The smallest absolute Gasteiger partial charge is 0.0705 e. The van der Waals surface area contributed by atoms with E-state index in [2.05, 4.69) is 50.2 Å². The normalized spacial score (nSPS) is 10.2. The quantitative estimate of drug-likeness (QED) is 0.622. The number of nitrogens with zero attached hydrogens (tertiary/aromatic N) is 1. The summed E-state index contributed by atoms with van der Waals surface area (Å²) < 4.78 is 0. The summed E-state index contributed by atoms with van der Waals surface area (Å²) in [5.74, 6) is 0. The molecule has 0 N–H and O–H groups in total. The lowest BCUT2D eigenvalue weighted by molar-refractivity contribution is 0.760. The fourth-order valence-electron chi connectivity index (χ4n) is 2.61. The standard InChI is InChI=1S/C22H27N/c1-3-5-16-21-19(13-4-2)17-18-22(23-21)20-14-11-9-7-6-8-10-12-15-20/h6-12,14-15,17-18H,3-5,13,16H2,1-2H3. The van der Waals surface area contributed by atoms with Gasteiger partial charge in [0, 0.05) is 11.3 Å². The maximum absolute atomic E-state index is 4.98. The van der Waals surface area contributed by atoms with Crippen molar-refractivity contribution in [3.05, 3.63) is 78.0 Å². The molecule has 1 heteroatoms. The first-order chi connectivity index (χ1) is 11.3. The summed E-state index contributed by atoms with van der Waals surface area (Å²) in [5, 5.41) is 0. The van der Waals surface area contributed by atoms with Crippen LogP contribution >= 0.6 is 0 Å². The molecule has 1 aromatic heterocycles. The predicted octanol–water partition coefficient (Wildman–Crippen LogP) is 6.17. The fraction of sp³-hybridized carbons (Fsp3) is 0.318. The molecular weight excluding hydrogens is 278 g/mol. The van der Waals surface area contributed by atoms with Gasteiger partial charge in [-0.15, -0.1) is 0 Å². The number of hydrogen-bond donors (Lipinski definition) is 0. The Balaban J connectivity index is 2.43. The minimum atomic E-state index is 1.06. The average molecular weight is 305 g/mol. The van der Waals surface area contributed by atoms with Crippen LogP contribution in [0.25, 0.3) is 11.3 Å². The van der Waals surface area contributed by atoms with Gasteiger partial charge in [0.2, 0.25) is 0 Å². The Hall–Kier alpha value is -2.15. The highest BCUT2D eigenvalue weighted by Crippen LogP contribution is 2.20. The van der Waals surface area contributed by atoms with Crippen molar-refractivity contribution >= 4 is 0 Å². The van der Waals surface area contributed by atoms with E-state index < -0.39 is 0 Å². The van der Waals surface area contributed by atoms with Crippen LogP contribution in [0.15, 0.2) is 66.7 Å². The summed E-state index contributed by atoms with van der Waals surface area (Å²) in [5.41, 5.74) is 4.90. The van der Waals surface area contributed by atoms with Crippen molar-refractivity contribution in [1.82, 2.24) is 4.98 Å². The van der Waals surface area contributed by atoms with Gasteiger partial charge in [-0.1, -0.05) is 87.4 Å². The zero-order valence-electron chi connectivity index (χ0n) is 14.3. The van der Waals surface area contributed by atoms with Gasteiger partial charge in [0.1, 0.15) is 0 Å². The minimum absolute atomic E-state index is 1.06. The van der Waals surface area contributed by atoms with E-state index in [1.807, 2.05) is 30.3 Å². The highest BCUT2D eigenvalue weighted by Gasteiger charge is 2.06. The third-order valence-corrected chi connectivity index (χ3v) is 3.87. The summed E-state index contributed by atoms with van der Waals surface area (Å²) in [6.45, 7) is 4.47. The second-order valence-corrected chi connectivity index (χ2v) is 5.79. The molecule has 2 rings (SSSR count). The van der Waals surface area contributed by atoms with E-state index in [4.69, 9.17) is 4.98 Å². The van der Waals surface area contributed by atoms with Crippen molar-refractivity contribution < 1.29 is 0 Å². The molecule has 0 unspecified atom stereocenters. The van der Waals surface area contributed by atoms with Crippen molar-refractivity contribution in [3.63, 3.8) is 0 Å². The Labute approximate surface area is 140 Å². The lowest BCUT2D eigenvalue weighted by Gasteiger charge is -2.10. The molecule has 0 bridgehead atoms. The number of unbranched alkanes of at least 4 members (excludes halogenated alkanes) is 1. The van der Waals surface area contributed by atoms with Gasteiger partial charge < -0.3 is 0 Å². The Morgan fingerprint density at radius 2 is 1.35 bits per heavy atom. The molecule has 0 amide bonds.